The largest absolute Gasteiger partial charge is 0.459 e. The lowest BCUT2D eigenvalue weighted by molar-refractivity contribution is 0.0672. The second kappa shape index (κ2) is 4.28. The van der Waals surface area contributed by atoms with E-state index in [-0.39, 0.29) is 5.91 Å². The van der Waals surface area contributed by atoms with Gasteiger partial charge in [0.25, 0.3) is 5.91 Å². The highest BCUT2D eigenvalue weighted by molar-refractivity contribution is 5.92. The average molecular weight is 197 g/mol. The van der Waals surface area contributed by atoms with Crippen LogP contribution in [0.1, 0.15) is 23.0 Å². The summed E-state index contributed by atoms with van der Waals surface area (Å²) in [5.74, 6) is 0.140. The van der Waals surface area contributed by atoms with E-state index in [9.17, 15) is 4.79 Å². The third kappa shape index (κ3) is 2.35. The summed E-state index contributed by atoms with van der Waals surface area (Å²) < 4.78 is 5.06. The predicted octanol–water partition coefficient (Wildman–Crippen LogP) is 1.04. The van der Waals surface area contributed by atoms with Crippen LogP contribution >= 0.6 is 0 Å². The first-order valence-electron chi connectivity index (χ1n) is 4.50. The van der Waals surface area contributed by atoms with E-state index in [2.05, 4.69) is 0 Å². The van der Waals surface area contributed by atoms with Crippen LogP contribution in [-0.2, 0) is 0 Å². The van der Waals surface area contributed by atoms with Crippen LogP contribution in [-0.4, -0.2) is 35.6 Å². The summed E-state index contributed by atoms with van der Waals surface area (Å²) in [6.45, 7) is 3.75. The summed E-state index contributed by atoms with van der Waals surface area (Å²) in [7, 11) is 1.64. The number of aryl methyl sites for hydroxylation is 1. The van der Waals surface area contributed by atoms with Gasteiger partial charge in [0.1, 0.15) is 0 Å². The number of aliphatic hydroxyl groups is 1. The molecule has 0 bridgehead atoms. The van der Waals surface area contributed by atoms with Gasteiger partial charge in [-0.1, -0.05) is 0 Å². The maximum absolute atomic E-state index is 11.7. The number of furan rings is 1. The Morgan fingerprint density at radius 1 is 1.71 bits per heavy atom. The van der Waals surface area contributed by atoms with Crippen molar-refractivity contribution < 1.29 is 14.3 Å². The monoisotopic (exact) mass is 197 g/mol. The van der Waals surface area contributed by atoms with Crippen LogP contribution < -0.4 is 0 Å². The zero-order chi connectivity index (χ0) is 10.7. The van der Waals surface area contributed by atoms with Gasteiger partial charge in [0.2, 0.25) is 0 Å². The van der Waals surface area contributed by atoms with Crippen molar-refractivity contribution in [3.05, 3.63) is 23.7 Å². The molecule has 1 rings (SSSR count). The lowest BCUT2D eigenvalue weighted by Crippen LogP contribution is -2.33. The Morgan fingerprint density at radius 3 is 2.79 bits per heavy atom. The molecule has 1 aromatic rings. The van der Waals surface area contributed by atoms with Gasteiger partial charge in [-0.05, 0) is 19.9 Å². The molecule has 1 unspecified atom stereocenters. The second-order valence-corrected chi connectivity index (χ2v) is 3.47. The molecule has 1 atom stereocenters. The third-order valence-electron chi connectivity index (χ3n) is 1.94. The van der Waals surface area contributed by atoms with Crippen molar-refractivity contribution in [2.24, 2.45) is 0 Å². The van der Waals surface area contributed by atoms with Gasteiger partial charge in [0.05, 0.1) is 12.4 Å². The molecule has 0 saturated heterocycles. The van der Waals surface area contributed by atoms with E-state index in [0.29, 0.717) is 12.3 Å². The molecule has 4 heteroatoms. The molecule has 0 aromatic carbocycles. The fourth-order valence-corrected chi connectivity index (χ4v) is 1.24. The van der Waals surface area contributed by atoms with Crippen LogP contribution in [0.5, 0.6) is 0 Å². The predicted molar refractivity (Wildman–Crippen MR) is 52.1 cm³/mol. The fraction of sp³-hybridized carbons (Fsp3) is 0.500. The first-order chi connectivity index (χ1) is 6.52. The number of amides is 1. The summed E-state index contributed by atoms with van der Waals surface area (Å²) in [5, 5.41) is 9.11. The fourth-order valence-electron chi connectivity index (χ4n) is 1.24. The van der Waals surface area contributed by atoms with Crippen LogP contribution in [0.3, 0.4) is 0 Å². The highest BCUT2D eigenvalue weighted by Crippen LogP contribution is 2.11. The molecule has 0 spiro atoms. The van der Waals surface area contributed by atoms with Crippen LogP contribution in [0, 0.1) is 6.92 Å². The number of carbonyl (C=O) groups is 1. The summed E-state index contributed by atoms with van der Waals surface area (Å²) >= 11 is 0. The van der Waals surface area contributed by atoms with E-state index >= 15 is 0 Å². The molecule has 78 valence electrons. The molecular formula is C10H15NO3. The highest BCUT2D eigenvalue weighted by Gasteiger charge is 2.17. The van der Waals surface area contributed by atoms with Crippen molar-refractivity contribution in [1.29, 1.82) is 0 Å². The number of rotatable bonds is 3. The molecular weight excluding hydrogens is 182 g/mol. The average Bonchev–Trinajstić information content (AvgIpc) is 2.48. The van der Waals surface area contributed by atoms with Crippen molar-refractivity contribution >= 4 is 5.91 Å². The van der Waals surface area contributed by atoms with E-state index in [4.69, 9.17) is 9.52 Å². The maximum Gasteiger partial charge on any atom is 0.289 e. The minimum Gasteiger partial charge on any atom is -0.459 e. The SMILES string of the molecule is Cc1ccoc1C(=O)N(C)CC(C)O. The lowest BCUT2D eigenvalue weighted by atomic mass is 10.2. The first kappa shape index (κ1) is 10.8. The van der Waals surface area contributed by atoms with E-state index in [1.807, 2.05) is 6.92 Å². The van der Waals surface area contributed by atoms with Gasteiger partial charge in [-0.3, -0.25) is 4.79 Å². The van der Waals surface area contributed by atoms with Crippen molar-refractivity contribution in [2.75, 3.05) is 13.6 Å². The van der Waals surface area contributed by atoms with Gasteiger partial charge in [-0.2, -0.15) is 0 Å². The van der Waals surface area contributed by atoms with Crippen LogP contribution in [0.2, 0.25) is 0 Å². The Morgan fingerprint density at radius 2 is 2.36 bits per heavy atom. The maximum atomic E-state index is 11.7. The van der Waals surface area contributed by atoms with Gasteiger partial charge >= 0.3 is 0 Å². The molecule has 0 radical (unpaired) electrons. The molecule has 1 heterocycles. The molecule has 1 aromatic heterocycles. The molecule has 1 N–H and O–H groups in total. The number of carbonyl (C=O) groups excluding carboxylic acids is 1. The topological polar surface area (TPSA) is 53.7 Å². The van der Waals surface area contributed by atoms with Crippen molar-refractivity contribution in [3.8, 4) is 0 Å². The number of aliphatic hydroxyl groups excluding tert-OH is 1. The van der Waals surface area contributed by atoms with Gasteiger partial charge in [-0.25, -0.2) is 0 Å². The lowest BCUT2D eigenvalue weighted by Gasteiger charge is -2.17. The van der Waals surface area contributed by atoms with Gasteiger partial charge < -0.3 is 14.4 Å². The minimum absolute atomic E-state index is 0.201. The normalized spacial score (nSPS) is 12.6. The van der Waals surface area contributed by atoms with E-state index in [0.717, 1.165) is 5.56 Å². The number of nitrogens with zero attached hydrogens (tertiary/aromatic N) is 1. The molecule has 0 aliphatic carbocycles. The Hall–Kier alpha value is -1.29. The molecule has 0 aliphatic heterocycles. The van der Waals surface area contributed by atoms with Crippen molar-refractivity contribution in [1.82, 2.24) is 4.90 Å². The Balaban J connectivity index is 2.71. The quantitative estimate of drug-likeness (QED) is 0.787. The Kier molecular flexibility index (Phi) is 3.30. The van der Waals surface area contributed by atoms with Crippen LogP contribution in [0.4, 0.5) is 0 Å². The molecule has 0 aliphatic rings. The summed E-state index contributed by atoms with van der Waals surface area (Å²) in [6.07, 6.45) is 0.956. The van der Waals surface area contributed by atoms with E-state index in [1.54, 1.807) is 20.0 Å². The van der Waals surface area contributed by atoms with Gasteiger partial charge in [0.15, 0.2) is 5.76 Å². The molecule has 4 nitrogen and oxygen atoms in total. The molecule has 0 saturated carbocycles. The van der Waals surface area contributed by atoms with E-state index < -0.39 is 6.10 Å². The van der Waals surface area contributed by atoms with Crippen LogP contribution in [0.25, 0.3) is 0 Å². The molecule has 1 amide bonds. The Bertz CT molecular complexity index is 317. The van der Waals surface area contributed by atoms with Crippen molar-refractivity contribution in [2.45, 2.75) is 20.0 Å². The zero-order valence-corrected chi connectivity index (χ0v) is 8.65. The molecule has 0 fully saturated rings. The summed E-state index contributed by atoms with van der Waals surface area (Å²) in [5.41, 5.74) is 0.812. The smallest absolute Gasteiger partial charge is 0.289 e. The summed E-state index contributed by atoms with van der Waals surface area (Å²) in [4.78, 5) is 13.1. The number of likely N-dealkylation sites (N-methyl/N-ethyl adjacent to an activating group) is 1. The molecule has 14 heavy (non-hydrogen) atoms. The zero-order valence-electron chi connectivity index (χ0n) is 8.65. The standard InChI is InChI=1S/C10H15NO3/c1-7-4-5-14-9(7)10(13)11(3)6-8(2)12/h4-5,8,12H,6H2,1-3H3. The van der Waals surface area contributed by atoms with Crippen molar-refractivity contribution in [3.63, 3.8) is 0 Å². The Labute approximate surface area is 83.1 Å². The third-order valence-corrected chi connectivity index (χ3v) is 1.94. The van der Waals surface area contributed by atoms with Crippen LogP contribution in [0.15, 0.2) is 16.7 Å². The second-order valence-electron chi connectivity index (χ2n) is 3.47. The van der Waals surface area contributed by atoms with Gasteiger partial charge in [-0.15, -0.1) is 0 Å². The van der Waals surface area contributed by atoms with E-state index in [1.165, 1.54) is 11.2 Å². The minimum atomic E-state index is -0.529. The highest BCUT2D eigenvalue weighted by atomic mass is 16.3. The summed E-state index contributed by atoms with van der Waals surface area (Å²) in [6, 6.07) is 1.74. The van der Waals surface area contributed by atoms with Gasteiger partial charge in [0, 0.05) is 19.2 Å². The number of hydrogen-bond acceptors (Lipinski definition) is 3. The number of hydrogen-bond donors (Lipinski definition) is 1. The first-order valence-corrected chi connectivity index (χ1v) is 4.50.